The standard InChI is InChI=1S/C15H17Br2NO2S/c1-5-9-8-20-14-11(6-10(16)7-12(14)17)13(9)18-21(19)15(2,3)4/h6-7,13,18H,1,8H2,2-4H3/t13-,21?/m0/s1. The highest BCUT2D eigenvalue weighted by Gasteiger charge is 2.31. The molecule has 2 rings (SSSR count). The molecule has 0 fully saturated rings. The third-order valence-electron chi connectivity index (χ3n) is 3.08. The van der Waals surface area contributed by atoms with Gasteiger partial charge in [0.1, 0.15) is 12.4 Å². The van der Waals surface area contributed by atoms with Gasteiger partial charge in [0, 0.05) is 15.6 Å². The molecule has 0 amide bonds. The Morgan fingerprint density at radius 1 is 1.43 bits per heavy atom. The van der Waals surface area contributed by atoms with Crippen LogP contribution < -0.4 is 9.46 Å². The van der Waals surface area contributed by atoms with Crippen LogP contribution in [0.5, 0.6) is 5.75 Å². The van der Waals surface area contributed by atoms with Gasteiger partial charge in [0.05, 0.1) is 26.2 Å². The van der Waals surface area contributed by atoms with Gasteiger partial charge in [0.25, 0.3) is 0 Å². The van der Waals surface area contributed by atoms with E-state index in [0.717, 1.165) is 25.8 Å². The molecule has 0 saturated carbocycles. The Labute approximate surface area is 144 Å². The quantitative estimate of drug-likeness (QED) is 0.700. The van der Waals surface area contributed by atoms with Crippen LogP contribution in [0, 0.1) is 0 Å². The molecule has 1 heterocycles. The highest BCUT2D eigenvalue weighted by atomic mass is 79.9. The van der Waals surface area contributed by atoms with Gasteiger partial charge in [0.2, 0.25) is 0 Å². The van der Waals surface area contributed by atoms with Gasteiger partial charge in [0.15, 0.2) is 0 Å². The van der Waals surface area contributed by atoms with Crippen molar-refractivity contribution in [3.63, 3.8) is 0 Å². The van der Waals surface area contributed by atoms with Crippen molar-refractivity contribution in [1.29, 1.82) is 0 Å². The van der Waals surface area contributed by atoms with Gasteiger partial charge in [-0.3, -0.25) is 0 Å². The number of rotatable bonds is 2. The Morgan fingerprint density at radius 2 is 2.10 bits per heavy atom. The number of ether oxygens (including phenoxy) is 1. The van der Waals surface area contributed by atoms with E-state index in [1.165, 1.54) is 0 Å². The first-order chi connectivity index (χ1) is 9.74. The zero-order valence-electron chi connectivity index (χ0n) is 12.1. The molecule has 1 aliphatic heterocycles. The van der Waals surface area contributed by atoms with Crippen molar-refractivity contribution in [2.75, 3.05) is 6.61 Å². The van der Waals surface area contributed by atoms with Crippen LogP contribution in [0.25, 0.3) is 0 Å². The minimum Gasteiger partial charge on any atom is -0.487 e. The van der Waals surface area contributed by atoms with Crippen molar-refractivity contribution in [3.8, 4) is 5.75 Å². The number of fused-ring (bicyclic) bond motifs is 1. The topological polar surface area (TPSA) is 38.3 Å². The third-order valence-corrected chi connectivity index (χ3v) is 5.69. The zero-order valence-corrected chi connectivity index (χ0v) is 16.1. The summed E-state index contributed by atoms with van der Waals surface area (Å²) in [6.45, 7) is 9.91. The fourth-order valence-corrected chi connectivity index (χ4v) is 4.15. The minimum absolute atomic E-state index is 0.222. The first-order valence-electron chi connectivity index (χ1n) is 6.42. The maximum Gasteiger partial charge on any atom is 0.139 e. The summed E-state index contributed by atoms with van der Waals surface area (Å²) in [6, 6.07) is 3.67. The van der Waals surface area contributed by atoms with E-state index >= 15 is 0 Å². The SMILES string of the molecule is C=C=C1COc2c(Br)cc(Br)cc2[C@H]1NS(=O)C(C)(C)C. The molecule has 21 heavy (non-hydrogen) atoms. The van der Waals surface area contributed by atoms with E-state index < -0.39 is 11.0 Å². The number of hydrogen-bond acceptors (Lipinski definition) is 2. The van der Waals surface area contributed by atoms with E-state index in [4.69, 9.17) is 4.74 Å². The van der Waals surface area contributed by atoms with E-state index in [0.29, 0.717) is 6.61 Å². The highest BCUT2D eigenvalue weighted by Crippen LogP contribution is 2.42. The number of hydrogen-bond donors (Lipinski definition) is 1. The van der Waals surface area contributed by atoms with Crippen molar-refractivity contribution >= 4 is 42.8 Å². The molecular formula is C15H17Br2NO2S. The molecule has 1 aromatic carbocycles. The predicted octanol–water partition coefficient (Wildman–Crippen LogP) is 4.41. The molecule has 0 saturated heterocycles. The fraction of sp³-hybridized carbons (Fsp3) is 0.400. The Balaban J connectivity index is 2.48. The van der Waals surface area contributed by atoms with Crippen molar-refractivity contribution in [1.82, 2.24) is 4.72 Å². The van der Waals surface area contributed by atoms with Crippen LogP contribution in [0.4, 0.5) is 0 Å². The predicted molar refractivity (Wildman–Crippen MR) is 93.8 cm³/mol. The fourth-order valence-electron chi connectivity index (χ4n) is 1.94. The molecule has 2 atom stereocenters. The summed E-state index contributed by atoms with van der Waals surface area (Å²) in [4.78, 5) is 0. The average Bonchev–Trinajstić information content (AvgIpc) is 2.38. The van der Waals surface area contributed by atoms with Crippen LogP contribution in [0.2, 0.25) is 0 Å². The zero-order chi connectivity index (χ0) is 15.8. The summed E-state index contributed by atoms with van der Waals surface area (Å²) in [5, 5.41) is 0. The third kappa shape index (κ3) is 3.69. The molecule has 0 bridgehead atoms. The largest absolute Gasteiger partial charge is 0.487 e. The molecule has 114 valence electrons. The Bertz CT molecular complexity index is 646. The molecule has 1 N–H and O–H groups in total. The second-order valence-electron chi connectivity index (χ2n) is 5.73. The minimum atomic E-state index is -1.20. The molecule has 3 nitrogen and oxygen atoms in total. The Morgan fingerprint density at radius 3 is 2.67 bits per heavy atom. The highest BCUT2D eigenvalue weighted by molar-refractivity contribution is 9.11. The van der Waals surface area contributed by atoms with Gasteiger partial charge in [-0.25, -0.2) is 8.93 Å². The van der Waals surface area contributed by atoms with E-state index in [1.54, 1.807) is 0 Å². The molecular weight excluding hydrogens is 418 g/mol. The Kier molecular flexibility index (Phi) is 5.16. The van der Waals surface area contributed by atoms with Crippen LogP contribution in [-0.2, 0) is 11.0 Å². The summed E-state index contributed by atoms with van der Waals surface area (Å²) in [5.41, 5.74) is 4.68. The van der Waals surface area contributed by atoms with Gasteiger partial charge < -0.3 is 4.74 Å². The lowest BCUT2D eigenvalue weighted by Crippen LogP contribution is -2.38. The second kappa shape index (κ2) is 6.39. The molecule has 1 aliphatic rings. The van der Waals surface area contributed by atoms with Crippen molar-refractivity contribution in [2.45, 2.75) is 31.6 Å². The lowest BCUT2D eigenvalue weighted by molar-refractivity contribution is 0.314. The van der Waals surface area contributed by atoms with Gasteiger partial charge >= 0.3 is 0 Å². The summed E-state index contributed by atoms with van der Waals surface area (Å²) >= 11 is 6.99. The van der Waals surface area contributed by atoms with Crippen molar-refractivity contribution in [3.05, 3.63) is 44.5 Å². The van der Waals surface area contributed by atoms with E-state index in [1.807, 2.05) is 32.9 Å². The summed E-state index contributed by atoms with van der Waals surface area (Å²) < 4.78 is 22.8. The summed E-state index contributed by atoms with van der Waals surface area (Å²) in [5.74, 6) is 0.764. The molecule has 0 spiro atoms. The lowest BCUT2D eigenvalue weighted by Gasteiger charge is -2.31. The normalized spacial score (nSPS) is 19.5. The second-order valence-corrected chi connectivity index (χ2v) is 9.50. The molecule has 6 heteroatoms. The number of benzene rings is 1. The smallest absolute Gasteiger partial charge is 0.139 e. The summed E-state index contributed by atoms with van der Waals surface area (Å²) in [6.07, 6.45) is 0. The van der Waals surface area contributed by atoms with Crippen molar-refractivity contribution < 1.29 is 8.95 Å². The molecule has 1 unspecified atom stereocenters. The van der Waals surface area contributed by atoms with E-state index in [9.17, 15) is 4.21 Å². The van der Waals surface area contributed by atoms with Crippen LogP contribution in [0.3, 0.4) is 0 Å². The van der Waals surface area contributed by atoms with Gasteiger partial charge in [-0.1, -0.05) is 22.5 Å². The number of halogens is 2. The number of nitrogens with one attached hydrogen (secondary N) is 1. The van der Waals surface area contributed by atoms with Crippen LogP contribution in [-0.4, -0.2) is 15.6 Å². The monoisotopic (exact) mass is 433 g/mol. The first-order valence-corrected chi connectivity index (χ1v) is 9.16. The lowest BCUT2D eigenvalue weighted by atomic mass is 9.97. The molecule has 0 aliphatic carbocycles. The van der Waals surface area contributed by atoms with E-state index in [2.05, 4.69) is 48.9 Å². The van der Waals surface area contributed by atoms with Gasteiger partial charge in [-0.15, -0.1) is 5.73 Å². The van der Waals surface area contributed by atoms with Crippen molar-refractivity contribution in [2.24, 2.45) is 0 Å². The first kappa shape index (κ1) is 17.0. The van der Waals surface area contributed by atoms with Crippen LogP contribution in [0.15, 0.2) is 39.0 Å². The van der Waals surface area contributed by atoms with Gasteiger partial charge in [-0.05, 0) is 48.8 Å². The molecule has 0 aromatic heterocycles. The van der Waals surface area contributed by atoms with Crippen LogP contribution in [0.1, 0.15) is 32.4 Å². The van der Waals surface area contributed by atoms with E-state index in [-0.39, 0.29) is 10.8 Å². The molecule has 0 radical (unpaired) electrons. The van der Waals surface area contributed by atoms with Gasteiger partial charge in [-0.2, -0.15) is 0 Å². The van der Waals surface area contributed by atoms with Crippen LogP contribution >= 0.6 is 31.9 Å². The molecule has 1 aromatic rings. The maximum absolute atomic E-state index is 12.4. The Hall–Kier alpha value is -0.390. The maximum atomic E-state index is 12.4. The summed E-state index contributed by atoms with van der Waals surface area (Å²) in [7, 11) is -1.20. The average molecular weight is 435 g/mol.